The van der Waals surface area contributed by atoms with Gasteiger partial charge in [0, 0.05) is 13.1 Å². The van der Waals surface area contributed by atoms with Crippen molar-refractivity contribution in [1.29, 1.82) is 0 Å². The van der Waals surface area contributed by atoms with E-state index >= 15 is 0 Å². The van der Waals surface area contributed by atoms with E-state index in [2.05, 4.69) is 10.0 Å². The summed E-state index contributed by atoms with van der Waals surface area (Å²) < 4.78 is 31.6. The van der Waals surface area contributed by atoms with Crippen LogP contribution in [0.4, 0.5) is 0 Å². The molecule has 1 aromatic rings. The summed E-state index contributed by atoms with van der Waals surface area (Å²) in [4.78, 5) is 23.0. The molecule has 2 N–H and O–H groups in total. The largest absolute Gasteiger partial charge is 0.456 e. The fraction of sp³-hybridized carbons (Fsp3) is 0.556. The van der Waals surface area contributed by atoms with Crippen LogP contribution in [0.5, 0.6) is 0 Å². The maximum atomic E-state index is 12.2. The van der Waals surface area contributed by atoms with E-state index in [1.807, 2.05) is 27.7 Å². The molecule has 26 heavy (non-hydrogen) atoms. The standard InChI is InChI=1S/C18H28N2O5S/c1-5-11-19-16(21)13-25-17(22)10-12-20-26(23,24)15-8-6-14(7-9-15)18(2,3)4/h6-9,20H,5,10-13H2,1-4H3,(H,19,21). The van der Waals surface area contributed by atoms with E-state index in [0.29, 0.717) is 6.54 Å². The van der Waals surface area contributed by atoms with Gasteiger partial charge < -0.3 is 10.1 Å². The molecule has 7 nitrogen and oxygen atoms in total. The minimum Gasteiger partial charge on any atom is -0.456 e. The SMILES string of the molecule is CCCNC(=O)COC(=O)CCNS(=O)(=O)c1ccc(C(C)(C)C)cc1. The molecule has 0 unspecified atom stereocenters. The van der Waals surface area contributed by atoms with Crippen LogP contribution in [0.3, 0.4) is 0 Å². The van der Waals surface area contributed by atoms with Crippen molar-refractivity contribution in [3.8, 4) is 0 Å². The third kappa shape index (κ3) is 7.53. The number of benzene rings is 1. The van der Waals surface area contributed by atoms with Crippen molar-refractivity contribution in [2.45, 2.75) is 50.8 Å². The maximum absolute atomic E-state index is 12.2. The normalized spacial score (nSPS) is 11.8. The second kappa shape index (κ2) is 9.68. The Morgan fingerprint density at radius 1 is 1.08 bits per heavy atom. The second-order valence-corrected chi connectivity index (χ2v) is 8.70. The lowest BCUT2D eigenvalue weighted by Crippen LogP contribution is -2.30. The average molecular weight is 384 g/mol. The number of carbonyl (C=O) groups is 2. The van der Waals surface area contributed by atoms with Crippen LogP contribution in [0, 0.1) is 0 Å². The molecular weight excluding hydrogens is 356 g/mol. The van der Waals surface area contributed by atoms with Crippen LogP contribution < -0.4 is 10.0 Å². The van der Waals surface area contributed by atoms with Crippen molar-refractivity contribution in [3.05, 3.63) is 29.8 Å². The third-order valence-electron chi connectivity index (χ3n) is 3.59. The second-order valence-electron chi connectivity index (χ2n) is 6.93. The average Bonchev–Trinajstić information content (AvgIpc) is 2.57. The van der Waals surface area contributed by atoms with Crippen LogP contribution in [-0.2, 0) is 29.8 Å². The van der Waals surface area contributed by atoms with E-state index in [9.17, 15) is 18.0 Å². The fourth-order valence-corrected chi connectivity index (χ4v) is 3.07. The van der Waals surface area contributed by atoms with Crippen molar-refractivity contribution >= 4 is 21.9 Å². The van der Waals surface area contributed by atoms with Gasteiger partial charge in [0.15, 0.2) is 6.61 Å². The first-order chi connectivity index (χ1) is 12.1. The van der Waals surface area contributed by atoms with E-state index in [-0.39, 0.29) is 35.8 Å². The summed E-state index contributed by atoms with van der Waals surface area (Å²) in [5.41, 5.74) is 0.962. The molecule has 0 aliphatic rings. The first kappa shape index (κ1) is 22.1. The molecule has 0 bridgehead atoms. The molecule has 0 saturated heterocycles. The van der Waals surface area contributed by atoms with Gasteiger partial charge in [-0.25, -0.2) is 13.1 Å². The lowest BCUT2D eigenvalue weighted by Gasteiger charge is -2.19. The van der Waals surface area contributed by atoms with Crippen molar-refractivity contribution in [3.63, 3.8) is 0 Å². The van der Waals surface area contributed by atoms with Gasteiger partial charge >= 0.3 is 5.97 Å². The van der Waals surface area contributed by atoms with Gasteiger partial charge in [0.25, 0.3) is 5.91 Å². The van der Waals surface area contributed by atoms with Crippen LogP contribution in [0.2, 0.25) is 0 Å². The number of rotatable bonds is 9. The first-order valence-electron chi connectivity index (χ1n) is 8.59. The molecule has 0 aliphatic carbocycles. The van der Waals surface area contributed by atoms with Crippen LogP contribution in [0.15, 0.2) is 29.2 Å². The first-order valence-corrected chi connectivity index (χ1v) is 10.1. The van der Waals surface area contributed by atoms with Crippen molar-refractivity contribution in [2.24, 2.45) is 0 Å². The van der Waals surface area contributed by atoms with Gasteiger partial charge in [0.05, 0.1) is 11.3 Å². The number of ether oxygens (including phenoxy) is 1. The summed E-state index contributed by atoms with van der Waals surface area (Å²) in [5, 5.41) is 2.58. The zero-order valence-electron chi connectivity index (χ0n) is 15.8. The van der Waals surface area contributed by atoms with Gasteiger partial charge in [-0.3, -0.25) is 9.59 Å². The number of carbonyl (C=O) groups excluding carboxylic acids is 2. The smallest absolute Gasteiger partial charge is 0.307 e. The number of amides is 1. The van der Waals surface area contributed by atoms with Crippen molar-refractivity contribution < 1.29 is 22.7 Å². The Hall–Kier alpha value is -1.93. The number of nitrogens with one attached hydrogen (secondary N) is 2. The molecule has 1 aromatic carbocycles. The molecule has 0 radical (unpaired) electrons. The van der Waals surface area contributed by atoms with Gasteiger partial charge in [0.1, 0.15) is 0 Å². The third-order valence-corrected chi connectivity index (χ3v) is 5.07. The molecule has 146 valence electrons. The maximum Gasteiger partial charge on any atom is 0.307 e. The van der Waals surface area contributed by atoms with E-state index in [1.165, 1.54) is 0 Å². The Balaban J connectivity index is 2.46. The predicted octanol–water partition coefficient (Wildman–Crippen LogP) is 1.72. The minimum absolute atomic E-state index is 0.0666. The van der Waals surface area contributed by atoms with Gasteiger partial charge in [0.2, 0.25) is 10.0 Å². The minimum atomic E-state index is -3.70. The number of hydrogen-bond acceptors (Lipinski definition) is 5. The Labute approximate surface area is 155 Å². The zero-order chi connectivity index (χ0) is 19.8. The van der Waals surface area contributed by atoms with Crippen molar-refractivity contribution in [1.82, 2.24) is 10.0 Å². The highest BCUT2D eigenvalue weighted by molar-refractivity contribution is 7.89. The van der Waals surface area contributed by atoms with E-state index in [0.717, 1.165) is 12.0 Å². The molecule has 0 spiro atoms. The van der Waals surface area contributed by atoms with E-state index in [4.69, 9.17) is 4.74 Å². The molecular formula is C18H28N2O5S. The molecule has 8 heteroatoms. The highest BCUT2D eigenvalue weighted by atomic mass is 32.2. The van der Waals surface area contributed by atoms with Crippen LogP contribution in [-0.4, -0.2) is 40.0 Å². The van der Waals surface area contributed by atoms with Gasteiger partial charge in [-0.1, -0.05) is 39.8 Å². The molecule has 1 rings (SSSR count). The monoisotopic (exact) mass is 384 g/mol. The molecule has 1 amide bonds. The molecule has 0 atom stereocenters. The Morgan fingerprint density at radius 3 is 2.23 bits per heavy atom. The van der Waals surface area contributed by atoms with Crippen molar-refractivity contribution in [2.75, 3.05) is 19.7 Å². The molecule has 0 aromatic heterocycles. The summed E-state index contributed by atoms with van der Waals surface area (Å²) in [6, 6.07) is 6.63. The number of esters is 1. The van der Waals surface area contributed by atoms with Crippen LogP contribution in [0.1, 0.15) is 46.1 Å². The van der Waals surface area contributed by atoms with Gasteiger partial charge in [-0.05, 0) is 29.5 Å². The summed E-state index contributed by atoms with van der Waals surface area (Å²) in [6.07, 6.45) is 0.637. The Kier molecular flexibility index (Phi) is 8.23. The van der Waals surface area contributed by atoms with Gasteiger partial charge in [-0.15, -0.1) is 0 Å². The zero-order valence-corrected chi connectivity index (χ0v) is 16.6. The summed E-state index contributed by atoms with van der Waals surface area (Å²) in [6.45, 7) is 8.10. The molecule has 0 fully saturated rings. The topological polar surface area (TPSA) is 102 Å². The Morgan fingerprint density at radius 2 is 1.69 bits per heavy atom. The van der Waals surface area contributed by atoms with E-state index in [1.54, 1.807) is 24.3 Å². The number of hydrogen-bond donors (Lipinski definition) is 2. The fourth-order valence-electron chi connectivity index (χ4n) is 2.04. The van der Waals surface area contributed by atoms with E-state index < -0.39 is 16.0 Å². The van der Waals surface area contributed by atoms with Gasteiger partial charge in [-0.2, -0.15) is 0 Å². The highest BCUT2D eigenvalue weighted by Gasteiger charge is 2.18. The Bertz CT molecular complexity index is 706. The lowest BCUT2D eigenvalue weighted by molar-refractivity contribution is -0.148. The predicted molar refractivity (Wildman–Crippen MR) is 99.2 cm³/mol. The lowest BCUT2D eigenvalue weighted by atomic mass is 9.87. The molecule has 0 heterocycles. The summed E-state index contributed by atoms with van der Waals surface area (Å²) >= 11 is 0. The number of sulfonamides is 1. The quantitative estimate of drug-likeness (QED) is 0.631. The highest BCUT2D eigenvalue weighted by Crippen LogP contribution is 2.23. The summed E-state index contributed by atoms with van der Waals surface area (Å²) in [5.74, 6) is -1.01. The van der Waals surface area contributed by atoms with Crippen LogP contribution in [0.25, 0.3) is 0 Å². The molecule has 0 aliphatic heterocycles. The summed E-state index contributed by atoms with van der Waals surface area (Å²) in [7, 11) is -3.70. The van der Waals surface area contributed by atoms with Crippen LogP contribution >= 0.6 is 0 Å². The molecule has 0 saturated carbocycles.